The summed E-state index contributed by atoms with van der Waals surface area (Å²) in [6.07, 6.45) is 0.344. The van der Waals surface area contributed by atoms with E-state index in [0.29, 0.717) is 6.42 Å². The van der Waals surface area contributed by atoms with Gasteiger partial charge in [-0.3, -0.25) is 4.79 Å². The van der Waals surface area contributed by atoms with Crippen molar-refractivity contribution in [2.75, 3.05) is 5.32 Å². The summed E-state index contributed by atoms with van der Waals surface area (Å²) in [6.45, 7) is 0.752. The predicted octanol–water partition coefficient (Wildman–Crippen LogP) is 4.87. The SMILES string of the molecule is O=C(Cc1cc2ccccc2n1Cc1ccccc1)Nc1ccccc1. The summed E-state index contributed by atoms with van der Waals surface area (Å²) in [5.41, 5.74) is 4.21. The minimum absolute atomic E-state index is 0.00619. The Balaban J connectivity index is 1.63. The number of aromatic nitrogens is 1. The van der Waals surface area contributed by atoms with Crippen LogP contribution in [-0.2, 0) is 17.8 Å². The molecule has 0 spiro atoms. The Labute approximate surface area is 152 Å². The summed E-state index contributed by atoms with van der Waals surface area (Å²) in [5.74, 6) is -0.00619. The summed E-state index contributed by atoms with van der Waals surface area (Å²) in [7, 11) is 0. The molecule has 0 radical (unpaired) electrons. The van der Waals surface area contributed by atoms with Crippen LogP contribution in [0.3, 0.4) is 0 Å². The fourth-order valence-electron chi connectivity index (χ4n) is 3.26. The van der Waals surface area contributed by atoms with Gasteiger partial charge in [0.2, 0.25) is 5.91 Å². The number of nitrogens with zero attached hydrogens (tertiary/aromatic N) is 1. The molecule has 0 aliphatic heterocycles. The standard InChI is InChI=1S/C23H20N2O/c26-23(24-20-12-5-2-6-13-20)16-21-15-19-11-7-8-14-22(19)25(21)17-18-9-3-1-4-10-18/h1-15H,16-17H2,(H,24,26). The number of benzene rings is 3. The van der Waals surface area contributed by atoms with Crippen LogP contribution in [0.2, 0.25) is 0 Å². The lowest BCUT2D eigenvalue weighted by molar-refractivity contribution is -0.115. The molecule has 26 heavy (non-hydrogen) atoms. The molecule has 1 N–H and O–H groups in total. The van der Waals surface area contributed by atoms with E-state index in [1.54, 1.807) is 0 Å². The van der Waals surface area contributed by atoms with Gasteiger partial charge >= 0.3 is 0 Å². The average molecular weight is 340 g/mol. The van der Waals surface area contributed by atoms with Crippen LogP contribution in [0, 0.1) is 0 Å². The molecule has 128 valence electrons. The van der Waals surface area contributed by atoms with E-state index < -0.39 is 0 Å². The van der Waals surface area contributed by atoms with Crippen molar-refractivity contribution >= 4 is 22.5 Å². The number of hydrogen-bond acceptors (Lipinski definition) is 1. The van der Waals surface area contributed by atoms with Gasteiger partial charge in [0.05, 0.1) is 6.42 Å². The number of para-hydroxylation sites is 2. The molecular formula is C23H20N2O. The van der Waals surface area contributed by atoms with E-state index in [4.69, 9.17) is 0 Å². The third-order valence-electron chi connectivity index (χ3n) is 4.48. The highest BCUT2D eigenvalue weighted by Crippen LogP contribution is 2.22. The second-order valence-corrected chi connectivity index (χ2v) is 6.36. The normalized spacial score (nSPS) is 10.8. The number of carbonyl (C=O) groups is 1. The van der Waals surface area contributed by atoms with Crippen molar-refractivity contribution in [3.63, 3.8) is 0 Å². The minimum Gasteiger partial charge on any atom is -0.340 e. The molecule has 3 aromatic carbocycles. The summed E-state index contributed by atoms with van der Waals surface area (Å²) >= 11 is 0. The topological polar surface area (TPSA) is 34.0 Å². The molecule has 1 amide bonds. The predicted molar refractivity (Wildman–Crippen MR) is 106 cm³/mol. The Hall–Kier alpha value is -3.33. The maximum atomic E-state index is 12.5. The first-order valence-corrected chi connectivity index (χ1v) is 8.75. The first kappa shape index (κ1) is 16.2. The highest BCUT2D eigenvalue weighted by Gasteiger charge is 2.13. The average Bonchev–Trinajstić information content (AvgIpc) is 3.00. The molecule has 0 bridgehead atoms. The molecule has 0 aliphatic carbocycles. The summed E-state index contributed by atoms with van der Waals surface area (Å²) in [4.78, 5) is 12.5. The van der Waals surface area contributed by atoms with Crippen LogP contribution in [0.15, 0.2) is 91.0 Å². The summed E-state index contributed by atoms with van der Waals surface area (Å²) < 4.78 is 2.23. The van der Waals surface area contributed by atoms with Gasteiger partial charge in [0.1, 0.15) is 0 Å². The third kappa shape index (κ3) is 3.52. The minimum atomic E-state index is -0.00619. The Bertz CT molecular complexity index is 1020. The quantitative estimate of drug-likeness (QED) is 0.552. The fraction of sp³-hybridized carbons (Fsp3) is 0.0870. The molecule has 0 fully saturated rings. The van der Waals surface area contributed by atoms with Crippen molar-refractivity contribution in [2.45, 2.75) is 13.0 Å². The molecule has 4 aromatic rings. The molecule has 3 nitrogen and oxygen atoms in total. The molecule has 1 heterocycles. The van der Waals surface area contributed by atoms with Crippen molar-refractivity contribution in [1.82, 2.24) is 4.57 Å². The number of amides is 1. The monoisotopic (exact) mass is 340 g/mol. The molecular weight excluding hydrogens is 320 g/mol. The molecule has 1 aromatic heterocycles. The van der Waals surface area contributed by atoms with E-state index >= 15 is 0 Å². The van der Waals surface area contributed by atoms with Crippen molar-refractivity contribution < 1.29 is 4.79 Å². The maximum Gasteiger partial charge on any atom is 0.230 e. The van der Waals surface area contributed by atoms with E-state index in [2.05, 4.69) is 40.2 Å². The van der Waals surface area contributed by atoms with E-state index in [0.717, 1.165) is 28.8 Å². The zero-order valence-corrected chi connectivity index (χ0v) is 14.4. The Morgan fingerprint density at radius 3 is 2.23 bits per heavy atom. The fourth-order valence-corrected chi connectivity index (χ4v) is 3.26. The first-order chi connectivity index (χ1) is 12.8. The van der Waals surface area contributed by atoms with Gasteiger partial charge in [0.25, 0.3) is 0 Å². The lowest BCUT2D eigenvalue weighted by atomic mass is 10.2. The van der Waals surface area contributed by atoms with E-state index in [1.165, 1.54) is 5.56 Å². The van der Waals surface area contributed by atoms with Crippen molar-refractivity contribution in [1.29, 1.82) is 0 Å². The number of hydrogen-bond donors (Lipinski definition) is 1. The molecule has 0 aliphatic rings. The lowest BCUT2D eigenvalue weighted by Gasteiger charge is -2.11. The van der Waals surface area contributed by atoms with Gasteiger partial charge in [-0.15, -0.1) is 0 Å². The van der Waals surface area contributed by atoms with Gasteiger partial charge < -0.3 is 9.88 Å². The van der Waals surface area contributed by atoms with Crippen LogP contribution in [0.5, 0.6) is 0 Å². The Morgan fingerprint density at radius 1 is 0.808 bits per heavy atom. The second kappa shape index (κ2) is 7.28. The largest absolute Gasteiger partial charge is 0.340 e. The number of nitrogens with one attached hydrogen (secondary N) is 1. The zero-order chi connectivity index (χ0) is 17.8. The van der Waals surface area contributed by atoms with Crippen LogP contribution >= 0.6 is 0 Å². The lowest BCUT2D eigenvalue weighted by Crippen LogP contribution is -2.17. The van der Waals surface area contributed by atoms with Crippen LogP contribution in [-0.4, -0.2) is 10.5 Å². The van der Waals surface area contributed by atoms with Gasteiger partial charge in [0.15, 0.2) is 0 Å². The highest BCUT2D eigenvalue weighted by molar-refractivity contribution is 5.93. The zero-order valence-electron chi connectivity index (χ0n) is 14.4. The molecule has 3 heteroatoms. The van der Waals surface area contributed by atoms with E-state index in [1.807, 2.05) is 60.7 Å². The van der Waals surface area contributed by atoms with Gasteiger partial charge in [-0.1, -0.05) is 66.7 Å². The van der Waals surface area contributed by atoms with Crippen molar-refractivity contribution in [3.05, 3.63) is 102 Å². The van der Waals surface area contributed by atoms with Gasteiger partial charge in [-0.05, 0) is 35.2 Å². The Kier molecular flexibility index (Phi) is 4.52. The van der Waals surface area contributed by atoms with Crippen LogP contribution in [0.4, 0.5) is 5.69 Å². The van der Waals surface area contributed by atoms with Crippen LogP contribution in [0.25, 0.3) is 10.9 Å². The third-order valence-corrected chi connectivity index (χ3v) is 4.48. The van der Waals surface area contributed by atoms with Gasteiger partial charge in [-0.2, -0.15) is 0 Å². The van der Waals surface area contributed by atoms with Gasteiger partial charge in [0, 0.05) is 23.4 Å². The molecule has 4 rings (SSSR count). The molecule has 0 saturated heterocycles. The van der Waals surface area contributed by atoms with Crippen LogP contribution in [0.1, 0.15) is 11.3 Å². The first-order valence-electron chi connectivity index (χ1n) is 8.75. The molecule has 0 atom stereocenters. The van der Waals surface area contributed by atoms with E-state index in [-0.39, 0.29) is 5.91 Å². The second-order valence-electron chi connectivity index (χ2n) is 6.36. The summed E-state index contributed by atoms with van der Waals surface area (Å²) in [6, 6.07) is 30.3. The smallest absolute Gasteiger partial charge is 0.230 e. The molecule has 0 saturated carbocycles. The number of fused-ring (bicyclic) bond motifs is 1. The molecule has 0 unspecified atom stereocenters. The van der Waals surface area contributed by atoms with Crippen molar-refractivity contribution in [3.8, 4) is 0 Å². The highest BCUT2D eigenvalue weighted by atomic mass is 16.1. The van der Waals surface area contributed by atoms with Crippen LogP contribution < -0.4 is 5.32 Å². The number of rotatable bonds is 5. The Morgan fingerprint density at radius 2 is 1.46 bits per heavy atom. The maximum absolute atomic E-state index is 12.5. The van der Waals surface area contributed by atoms with E-state index in [9.17, 15) is 4.79 Å². The summed E-state index contributed by atoms with van der Waals surface area (Å²) in [5, 5.41) is 4.13. The van der Waals surface area contributed by atoms with Gasteiger partial charge in [-0.25, -0.2) is 0 Å². The number of anilines is 1. The van der Waals surface area contributed by atoms with Crippen molar-refractivity contribution in [2.24, 2.45) is 0 Å². The number of carbonyl (C=O) groups excluding carboxylic acids is 1.